The zero-order valence-electron chi connectivity index (χ0n) is 13.3. The highest BCUT2D eigenvalue weighted by Crippen LogP contribution is 2.29. The molecule has 26 heavy (non-hydrogen) atoms. The van der Waals surface area contributed by atoms with E-state index in [9.17, 15) is 9.18 Å². The van der Waals surface area contributed by atoms with E-state index in [1.807, 2.05) is 0 Å². The lowest BCUT2D eigenvalue weighted by atomic mass is 10.2. The number of hydrogen-bond acceptors (Lipinski definition) is 4. The number of aromatic nitrogens is 2. The molecule has 0 radical (unpaired) electrons. The van der Waals surface area contributed by atoms with Gasteiger partial charge in [-0.25, -0.2) is 4.39 Å². The van der Waals surface area contributed by atoms with Gasteiger partial charge in [0.2, 0.25) is 0 Å². The lowest BCUT2D eigenvalue weighted by Crippen LogP contribution is -2.15. The van der Waals surface area contributed by atoms with Crippen LogP contribution in [-0.2, 0) is 6.54 Å². The first kappa shape index (κ1) is 18.1. The van der Waals surface area contributed by atoms with Crippen LogP contribution in [0.2, 0.25) is 10.0 Å². The van der Waals surface area contributed by atoms with Gasteiger partial charge in [-0.1, -0.05) is 47.5 Å². The van der Waals surface area contributed by atoms with Crippen LogP contribution < -0.4 is 10.6 Å². The average Bonchev–Trinajstić information content (AvgIpc) is 2.65. The molecule has 1 amide bonds. The van der Waals surface area contributed by atoms with E-state index in [4.69, 9.17) is 23.2 Å². The van der Waals surface area contributed by atoms with E-state index in [0.29, 0.717) is 22.1 Å². The van der Waals surface area contributed by atoms with Crippen LogP contribution in [0.1, 0.15) is 16.1 Å². The number of carbonyl (C=O) groups excluding carboxylic acids is 1. The Bertz CT molecular complexity index is 935. The summed E-state index contributed by atoms with van der Waals surface area (Å²) in [5, 5.41) is 13.9. The molecule has 1 heterocycles. The normalized spacial score (nSPS) is 10.4. The van der Waals surface area contributed by atoms with Crippen LogP contribution in [-0.4, -0.2) is 16.1 Å². The van der Waals surface area contributed by atoms with Gasteiger partial charge in [0, 0.05) is 12.1 Å². The van der Waals surface area contributed by atoms with Crippen molar-refractivity contribution in [2.75, 3.05) is 10.6 Å². The number of amides is 1. The first-order valence-corrected chi connectivity index (χ1v) is 8.36. The quantitative estimate of drug-likeness (QED) is 0.657. The zero-order valence-corrected chi connectivity index (χ0v) is 14.9. The van der Waals surface area contributed by atoms with Crippen LogP contribution in [0, 0.1) is 5.82 Å². The lowest BCUT2D eigenvalue weighted by Gasteiger charge is -2.08. The van der Waals surface area contributed by atoms with E-state index < -0.39 is 5.91 Å². The minimum atomic E-state index is -0.470. The number of nitrogens with one attached hydrogen (secondary N) is 2. The van der Waals surface area contributed by atoms with Gasteiger partial charge in [0.25, 0.3) is 5.91 Å². The van der Waals surface area contributed by atoms with Crippen LogP contribution in [0.25, 0.3) is 0 Å². The van der Waals surface area contributed by atoms with E-state index >= 15 is 0 Å². The Morgan fingerprint density at radius 2 is 1.81 bits per heavy atom. The van der Waals surface area contributed by atoms with Crippen LogP contribution in [0.5, 0.6) is 0 Å². The predicted molar refractivity (Wildman–Crippen MR) is 100 cm³/mol. The zero-order chi connectivity index (χ0) is 18.5. The highest BCUT2D eigenvalue weighted by Gasteiger charge is 2.12. The molecule has 0 spiro atoms. The third-order valence-corrected chi connectivity index (χ3v) is 4.33. The maximum atomic E-state index is 13.6. The fraction of sp³-hybridized carbons (Fsp3) is 0.0556. The van der Waals surface area contributed by atoms with E-state index in [1.54, 1.807) is 42.5 Å². The second-order valence-electron chi connectivity index (χ2n) is 5.30. The highest BCUT2D eigenvalue weighted by molar-refractivity contribution is 6.44. The van der Waals surface area contributed by atoms with Crippen molar-refractivity contribution in [3.63, 3.8) is 0 Å². The third-order valence-electron chi connectivity index (χ3n) is 3.51. The summed E-state index contributed by atoms with van der Waals surface area (Å²) in [7, 11) is 0. The van der Waals surface area contributed by atoms with Crippen molar-refractivity contribution in [1.29, 1.82) is 0 Å². The summed E-state index contributed by atoms with van der Waals surface area (Å²) < 4.78 is 13.6. The van der Waals surface area contributed by atoms with Gasteiger partial charge in [-0.3, -0.25) is 4.79 Å². The Labute approximate surface area is 159 Å². The molecule has 0 aliphatic carbocycles. The second-order valence-corrected chi connectivity index (χ2v) is 6.09. The van der Waals surface area contributed by atoms with E-state index in [1.165, 1.54) is 12.1 Å². The number of nitrogens with zero attached hydrogens (tertiary/aromatic N) is 2. The minimum absolute atomic E-state index is 0.109. The van der Waals surface area contributed by atoms with Crippen molar-refractivity contribution >= 4 is 40.6 Å². The molecule has 8 heteroatoms. The number of halogens is 3. The molecule has 0 aliphatic heterocycles. The van der Waals surface area contributed by atoms with Gasteiger partial charge >= 0.3 is 0 Å². The number of hydrogen-bond donors (Lipinski definition) is 2. The summed E-state index contributed by atoms with van der Waals surface area (Å²) in [5.41, 5.74) is 0.997. The van der Waals surface area contributed by atoms with Crippen molar-refractivity contribution in [3.8, 4) is 0 Å². The Kier molecular flexibility index (Phi) is 5.65. The lowest BCUT2D eigenvalue weighted by molar-refractivity contribution is 0.102. The SMILES string of the molecule is O=C(Nc1cccc(Cl)c1Cl)c1ccc(NCc2ccccc2F)nn1. The van der Waals surface area contributed by atoms with Crippen molar-refractivity contribution in [1.82, 2.24) is 10.2 Å². The molecule has 2 aromatic carbocycles. The molecular formula is C18H13Cl2FN4O. The van der Waals surface area contributed by atoms with Crippen LogP contribution in [0.3, 0.4) is 0 Å². The Morgan fingerprint density at radius 1 is 1.00 bits per heavy atom. The molecule has 0 saturated heterocycles. The molecule has 0 fully saturated rings. The first-order chi connectivity index (χ1) is 12.5. The second kappa shape index (κ2) is 8.12. The smallest absolute Gasteiger partial charge is 0.276 e. The topological polar surface area (TPSA) is 66.9 Å². The van der Waals surface area contributed by atoms with E-state index in [-0.39, 0.29) is 23.1 Å². The van der Waals surface area contributed by atoms with Crippen molar-refractivity contribution in [3.05, 3.63) is 81.7 Å². The molecule has 0 saturated carbocycles. The van der Waals surface area contributed by atoms with Crippen molar-refractivity contribution in [2.24, 2.45) is 0 Å². The Morgan fingerprint density at radius 3 is 2.54 bits per heavy atom. The molecule has 132 valence electrons. The molecule has 3 rings (SSSR count). The number of anilines is 2. The third kappa shape index (κ3) is 4.28. The van der Waals surface area contributed by atoms with Crippen molar-refractivity contribution in [2.45, 2.75) is 6.54 Å². The number of rotatable bonds is 5. The van der Waals surface area contributed by atoms with E-state index in [2.05, 4.69) is 20.8 Å². The monoisotopic (exact) mass is 390 g/mol. The highest BCUT2D eigenvalue weighted by atomic mass is 35.5. The molecule has 0 aliphatic rings. The number of benzene rings is 2. The van der Waals surface area contributed by atoms with Gasteiger partial charge in [-0.15, -0.1) is 10.2 Å². The summed E-state index contributed by atoms with van der Waals surface area (Å²) in [6.07, 6.45) is 0. The summed E-state index contributed by atoms with van der Waals surface area (Å²) >= 11 is 12.0. The molecule has 3 aromatic rings. The van der Waals surface area contributed by atoms with Gasteiger partial charge in [-0.2, -0.15) is 0 Å². The summed E-state index contributed by atoms with van der Waals surface area (Å²) in [6, 6.07) is 14.4. The Hall–Kier alpha value is -2.70. The summed E-state index contributed by atoms with van der Waals surface area (Å²) in [6.45, 7) is 0.255. The van der Waals surface area contributed by atoms with Crippen LogP contribution in [0.15, 0.2) is 54.6 Å². The van der Waals surface area contributed by atoms with Crippen molar-refractivity contribution < 1.29 is 9.18 Å². The van der Waals surface area contributed by atoms with Crippen LogP contribution in [0.4, 0.5) is 15.9 Å². The summed E-state index contributed by atoms with van der Waals surface area (Å²) in [5.74, 6) is -0.352. The molecule has 0 bridgehead atoms. The van der Waals surface area contributed by atoms with Crippen LogP contribution >= 0.6 is 23.2 Å². The largest absolute Gasteiger partial charge is 0.364 e. The molecule has 1 aromatic heterocycles. The first-order valence-electron chi connectivity index (χ1n) is 7.61. The maximum Gasteiger partial charge on any atom is 0.276 e. The van der Waals surface area contributed by atoms with E-state index in [0.717, 1.165) is 0 Å². The molecule has 5 nitrogen and oxygen atoms in total. The van der Waals surface area contributed by atoms with Gasteiger partial charge < -0.3 is 10.6 Å². The Balaban J connectivity index is 1.64. The molecule has 0 atom stereocenters. The number of carbonyl (C=O) groups is 1. The van der Waals surface area contributed by atoms with Gasteiger partial charge in [0.1, 0.15) is 11.6 Å². The maximum absolute atomic E-state index is 13.6. The fourth-order valence-electron chi connectivity index (χ4n) is 2.16. The molecular weight excluding hydrogens is 378 g/mol. The van der Waals surface area contributed by atoms with Gasteiger partial charge in [-0.05, 0) is 30.3 Å². The minimum Gasteiger partial charge on any atom is -0.364 e. The van der Waals surface area contributed by atoms with Gasteiger partial charge in [0.05, 0.1) is 15.7 Å². The predicted octanol–water partition coefficient (Wildman–Crippen LogP) is 4.79. The average molecular weight is 391 g/mol. The summed E-state index contributed by atoms with van der Waals surface area (Å²) in [4.78, 5) is 12.2. The molecule has 2 N–H and O–H groups in total. The standard InChI is InChI=1S/C18H13Cl2FN4O/c19-12-5-3-7-14(17(12)20)23-18(26)15-8-9-16(25-24-15)22-10-11-4-1-2-6-13(11)21/h1-9H,10H2,(H,22,25)(H,23,26). The van der Waals surface area contributed by atoms with Gasteiger partial charge in [0.15, 0.2) is 5.69 Å². The fourth-order valence-corrected chi connectivity index (χ4v) is 2.51. The molecule has 0 unspecified atom stereocenters.